The van der Waals surface area contributed by atoms with Crippen molar-refractivity contribution >= 4 is 17.9 Å². The van der Waals surface area contributed by atoms with Crippen LogP contribution in [0, 0.1) is 0 Å². The predicted octanol–water partition coefficient (Wildman–Crippen LogP) is -0.0750. The van der Waals surface area contributed by atoms with Crippen molar-refractivity contribution in [1.82, 2.24) is 29.6 Å². The molecule has 1 amide bonds. The van der Waals surface area contributed by atoms with Crippen LogP contribution in [-0.2, 0) is 24.2 Å². The SMILES string of the molecule is O=C(Cn1c2c(c(=O)n3ncnc13)CCC2)N/N=C\c1cccnc1. The number of fused-ring (bicyclic) bond motifs is 2. The molecule has 0 aromatic carbocycles. The summed E-state index contributed by atoms with van der Waals surface area (Å²) >= 11 is 0. The van der Waals surface area contributed by atoms with E-state index in [1.54, 1.807) is 23.0 Å². The summed E-state index contributed by atoms with van der Waals surface area (Å²) in [5, 5.41) is 7.90. The molecule has 0 fully saturated rings. The Kier molecular flexibility index (Phi) is 3.81. The number of rotatable bonds is 4. The first-order chi connectivity index (χ1) is 12.2. The van der Waals surface area contributed by atoms with E-state index in [1.807, 2.05) is 6.07 Å². The second-order valence-electron chi connectivity index (χ2n) is 5.72. The van der Waals surface area contributed by atoms with Gasteiger partial charge in [-0.2, -0.15) is 19.7 Å². The summed E-state index contributed by atoms with van der Waals surface area (Å²) in [6.45, 7) is 0.0230. The lowest BCUT2D eigenvalue weighted by Gasteiger charge is -2.12. The largest absolute Gasteiger partial charge is 0.304 e. The van der Waals surface area contributed by atoms with Crippen molar-refractivity contribution < 1.29 is 4.79 Å². The molecule has 0 aliphatic heterocycles. The molecule has 0 radical (unpaired) electrons. The molecule has 0 bridgehead atoms. The first kappa shape index (κ1) is 15.2. The van der Waals surface area contributed by atoms with Gasteiger partial charge in [0.15, 0.2) is 0 Å². The van der Waals surface area contributed by atoms with Gasteiger partial charge in [0.05, 0.1) is 6.21 Å². The van der Waals surface area contributed by atoms with E-state index in [1.165, 1.54) is 17.1 Å². The van der Waals surface area contributed by atoms with Crippen LogP contribution in [0.5, 0.6) is 0 Å². The number of aromatic nitrogens is 5. The van der Waals surface area contributed by atoms with Gasteiger partial charge in [0.25, 0.3) is 11.5 Å². The fourth-order valence-electron chi connectivity index (χ4n) is 3.04. The summed E-state index contributed by atoms with van der Waals surface area (Å²) in [6.07, 6.45) is 8.48. The van der Waals surface area contributed by atoms with E-state index < -0.39 is 0 Å². The van der Waals surface area contributed by atoms with Crippen molar-refractivity contribution in [2.24, 2.45) is 5.10 Å². The monoisotopic (exact) mass is 337 g/mol. The zero-order valence-electron chi connectivity index (χ0n) is 13.3. The molecule has 0 saturated heterocycles. The highest BCUT2D eigenvalue weighted by molar-refractivity contribution is 5.82. The van der Waals surface area contributed by atoms with E-state index in [4.69, 9.17) is 0 Å². The fourth-order valence-corrected chi connectivity index (χ4v) is 3.04. The molecular weight excluding hydrogens is 322 g/mol. The molecule has 0 atom stereocenters. The number of hydrazone groups is 1. The Labute approximate surface area is 142 Å². The summed E-state index contributed by atoms with van der Waals surface area (Å²) in [6, 6.07) is 3.62. The number of pyridine rings is 1. The van der Waals surface area contributed by atoms with E-state index in [0.717, 1.165) is 24.1 Å². The van der Waals surface area contributed by atoms with Gasteiger partial charge in [-0.15, -0.1) is 0 Å². The number of carbonyl (C=O) groups excluding carboxylic acids is 1. The lowest BCUT2D eigenvalue weighted by molar-refractivity contribution is -0.121. The fraction of sp³-hybridized carbons (Fsp3) is 0.250. The molecule has 1 aliphatic carbocycles. The van der Waals surface area contributed by atoms with Crippen LogP contribution in [0.4, 0.5) is 0 Å². The molecule has 9 heteroatoms. The minimum Gasteiger partial charge on any atom is -0.304 e. The maximum atomic E-state index is 12.4. The third-order valence-corrected chi connectivity index (χ3v) is 4.13. The summed E-state index contributed by atoms with van der Waals surface area (Å²) < 4.78 is 2.99. The van der Waals surface area contributed by atoms with E-state index >= 15 is 0 Å². The summed E-state index contributed by atoms with van der Waals surface area (Å²) in [5.74, 6) is 0.0693. The van der Waals surface area contributed by atoms with Gasteiger partial charge in [-0.25, -0.2) is 5.43 Å². The van der Waals surface area contributed by atoms with Crippen LogP contribution in [-0.4, -0.2) is 36.3 Å². The zero-order valence-corrected chi connectivity index (χ0v) is 13.3. The van der Waals surface area contributed by atoms with Gasteiger partial charge in [-0.1, -0.05) is 6.07 Å². The van der Waals surface area contributed by atoms with Crippen molar-refractivity contribution in [3.63, 3.8) is 0 Å². The highest BCUT2D eigenvalue weighted by atomic mass is 16.2. The number of amides is 1. The number of hydrogen-bond acceptors (Lipinski definition) is 6. The molecule has 3 aromatic heterocycles. The number of carbonyl (C=O) groups is 1. The van der Waals surface area contributed by atoms with Gasteiger partial charge in [-0.05, 0) is 25.3 Å². The molecular formula is C16H15N7O2. The van der Waals surface area contributed by atoms with Crippen molar-refractivity contribution in [3.8, 4) is 0 Å². The Bertz CT molecular complexity index is 1020. The van der Waals surface area contributed by atoms with Crippen LogP contribution in [0.25, 0.3) is 5.78 Å². The van der Waals surface area contributed by atoms with Gasteiger partial charge in [0, 0.05) is 29.2 Å². The maximum Gasteiger partial charge on any atom is 0.279 e. The first-order valence-electron chi connectivity index (χ1n) is 7.90. The molecule has 3 aromatic rings. The molecule has 9 nitrogen and oxygen atoms in total. The van der Waals surface area contributed by atoms with Gasteiger partial charge in [0.1, 0.15) is 12.9 Å². The van der Waals surface area contributed by atoms with Crippen LogP contribution in [0.15, 0.2) is 40.7 Å². The van der Waals surface area contributed by atoms with E-state index in [9.17, 15) is 9.59 Å². The number of hydrogen-bond donors (Lipinski definition) is 1. The second-order valence-corrected chi connectivity index (χ2v) is 5.72. The Hall–Kier alpha value is -3.36. The van der Waals surface area contributed by atoms with Crippen LogP contribution >= 0.6 is 0 Å². The van der Waals surface area contributed by atoms with Gasteiger partial charge >= 0.3 is 0 Å². The quantitative estimate of drug-likeness (QED) is 0.529. The van der Waals surface area contributed by atoms with E-state index in [2.05, 4.69) is 25.6 Å². The van der Waals surface area contributed by atoms with Gasteiger partial charge in [0.2, 0.25) is 5.78 Å². The molecule has 126 valence electrons. The van der Waals surface area contributed by atoms with E-state index in [0.29, 0.717) is 17.8 Å². The van der Waals surface area contributed by atoms with Crippen molar-refractivity contribution in [3.05, 3.63) is 58.0 Å². The summed E-state index contributed by atoms with van der Waals surface area (Å²) in [4.78, 5) is 32.7. The Morgan fingerprint density at radius 2 is 2.32 bits per heavy atom. The van der Waals surface area contributed by atoms with E-state index in [-0.39, 0.29) is 18.0 Å². The minimum absolute atomic E-state index is 0.0230. The molecule has 0 spiro atoms. The Morgan fingerprint density at radius 3 is 3.16 bits per heavy atom. The minimum atomic E-state index is -0.303. The third kappa shape index (κ3) is 2.80. The molecule has 25 heavy (non-hydrogen) atoms. The van der Waals surface area contributed by atoms with Crippen LogP contribution < -0.4 is 11.0 Å². The van der Waals surface area contributed by atoms with Crippen molar-refractivity contribution in [2.45, 2.75) is 25.8 Å². The topological polar surface area (TPSA) is 107 Å². The number of nitrogens with one attached hydrogen (secondary N) is 1. The molecule has 3 heterocycles. The second kappa shape index (κ2) is 6.27. The third-order valence-electron chi connectivity index (χ3n) is 4.13. The maximum absolute atomic E-state index is 12.4. The molecule has 1 aliphatic rings. The average Bonchev–Trinajstić information content (AvgIpc) is 3.29. The summed E-state index contributed by atoms with van der Waals surface area (Å²) in [7, 11) is 0. The number of nitrogens with zero attached hydrogens (tertiary/aromatic N) is 6. The zero-order chi connectivity index (χ0) is 17.2. The van der Waals surface area contributed by atoms with Crippen LogP contribution in [0.3, 0.4) is 0 Å². The molecule has 1 N–H and O–H groups in total. The predicted molar refractivity (Wildman–Crippen MR) is 89.2 cm³/mol. The van der Waals surface area contributed by atoms with Crippen LogP contribution in [0.2, 0.25) is 0 Å². The lowest BCUT2D eigenvalue weighted by Crippen LogP contribution is -2.30. The lowest BCUT2D eigenvalue weighted by atomic mass is 10.2. The van der Waals surface area contributed by atoms with Crippen molar-refractivity contribution in [1.29, 1.82) is 0 Å². The molecule has 0 saturated carbocycles. The Balaban J connectivity index is 1.58. The standard InChI is InChI=1S/C16H15N7O2/c24-14(21-19-8-11-3-2-6-17-7-11)9-22-13-5-1-4-12(13)15(25)23-16(22)18-10-20-23/h2-3,6-8,10H,1,4-5,9H2,(H,21,24)/b19-8-. The smallest absolute Gasteiger partial charge is 0.279 e. The highest BCUT2D eigenvalue weighted by Crippen LogP contribution is 2.19. The Morgan fingerprint density at radius 1 is 1.40 bits per heavy atom. The van der Waals surface area contributed by atoms with Gasteiger partial charge in [-0.3, -0.25) is 14.6 Å². The average molecular weight is 337 g/mol. The molecule has 0 unspecified atom stereocenters. The van der Waals surface area contributed by atoms with Crippen molar-refractivity contribution in [2.75, 3.05) is 0 Å². The highest BCUT2D eigenvalue weighted by Gasteiger charge is 2.23. The summed E-state index contributed by atoms with van der Waals surface area (Å²) in [5.41, 5.74) is 4.70. The molecule has 4 rings (SSSR count). The first-order valence-corrected chi connectivity index (χ1v) is 7.90. The van der Waals surface area contributed by atoms with Gasteiger partial charge < -0.3 is 4.57 Å². The van der Waals surface area contributed by atoms with Crippen LogP contribution in [0.1, 0.15) is 23.2 Å². The normalized spacial score (nSPS) is 13.4.